The van der Waals surface area contributed by atoms with Crippen molar-refractivity contribution in [3.05, 3.63) is 34.9 Å². The molecule has 16 heavy (non-hydrogen) atoms. The van der Waals surface area contributed by atoms with E-state index >= 15 is 0 Å². The van der Waals surface area contributed by atoms with Crippen LogP contribution in [0.25, 0.3) is 0 Å². The van der Waals surface area contributed by atoms with Gasteiger partial charge in [-0.3, -0.25) is 0 Å². The summed E-state index contributed by atoms with van der Waals surface area (Å²) >= 11 is 0. The zero-order valence-electron chi connectivity index (χ0n) is 10.6. The zero-order chi connectivity index (χ0) is 11.6. The summed E-state index contributed by atoms with van der Waals surface area (Å²) in [5, 5.41) is 0. The minimum Gasteiger partial charge on any atom is -0.330 e. The third-order valence-corrected chi connectivity index (χ3v) is 4.04. The van der Waals surface area contributed by atoms with Crippen molar-refractivity contribution in [2.75, 3.05) is 6.54 Å². The highest BCUT2D eigenvalue weighted by Gasteiger charge is 2.32. The Morgan fingerprint density at radius 3 is 2.06 bits per heavy atom. The maximum atomic E-state index is 6.07. The molecule has 0 amide bonds. The maximum Gasteiger partial charge on any atom is 0.00757 e. The van der Waals surface area contributed by atoms with Gasteiger partial charge in [0.15, 0.2) is 0 Å². The van der Waals surface area contributed by atoms with E-state index in [2.05, 4.69) is 32.0 Å². The molecule has 1 aromatic carbocycles. The van der Waals surface area contributed by atoms with Crippen LogP contribution in [0, 0.1) is 13.8 Å². The number of rotatable bonds is 2. The maximum absolute atomic E-state index is 6.07. The van der Waals surface area contributed by atoms with Crippen LogP contribution < -0.4 is 5.73 Å². The van der Waals surface area contributed by atoms with E-state index in [1.807, 2.05) is 0 Å². The molecule has 1 heteroatoms. The van der Waals surface area contributed by atoms with Gasteiger partial charge in [0.1, 0.15) is 0 Å². The first kappa shape index (κ1) is 11.7. The number of hydrogen-bond acceptors (Lipinski definition) is 1. The molecule has 0 aliphatic heterocycles. The zero-order valence-corrected chi connectivity index (χ0v) is 10.6. The molecular weight excluding hydrogens is 194 g/mol. The van der Waals surface area contributed by atoms with Crippen molar-refractivity contribution < 1.29 is 0 Å². The van der Waals surface area contributed by atoms with Gasteiger partial charge in [0.2, 0.25) is 0 Å². The van der Waals surface area contributed by atoms with Gasteiger partial charge in [0.05, 0.1) is 0 Å². The fourth-order valence-electron chi connectivity index (χ4n) is 3.12. The minimum atomic E-state index is 0.273. The highest BCUT2D eigenvalue weighted by atomic mass is 14.6. The predicted octanol–water partition coefficient (Wildman–Crippen LogP) is 3.46. The van der Waals surface area contributed by atoms with Gasteiger partial charge >= 0.3 is 0 Å². The van der Waals surface area contributed by atoms with Crippen LogP contribution in [-0.2, 0) is 5.41 Å². The Labute approximate surface area is 99.0 Å². The first-order valence-electron chi connectivity index (χ1n) is 6.45. The molecule has 88 valence electrons. The first-order valence-corrected chi connectivity index (χ1v) is 6.45. The fraction of sp³-hybridized carbons (Fsp3) is 0.600. The van der Waals surface area contributed by atoms with E-state index in [1.165, 1.54) is 48.8 Å². The lowest BCUT2D eigenvalue weighted by atomic mass is 9.69. The molecule has 0 radical (unpaired) electrons. The monoisotopic (exact) mass is 217 g/mol. The summed E-state index contributed by atoms with van der Waals surface area (Å²) in [6.07, 6.45) is 6.60. The average molecular weight is 217 g/mol. The normalized spacial score (nSPS) is 19.7. The molecule has 1 nitrogen and oxygen atoms in total. The highest BCUT2D eigenvalue weighted by molar-refractivity contribution is 5.34. The minimum absolute atomic E-state index is 0.273. The molecule has 1 aliphatic rings. The molecule has 0 spiro atoms. The molecule has 0 atom stereocenters. The predicted molar refractivity (Wildman–Crippen MR) is 69.7 cm³/mol. The van der Waals surface area contributed by atoms with Gasteiger partial charge in [0.25, 0.3) is 0 Å². The van der Waals surface area contributed by atoms with Gasteiger partial charge in [-0.15, -0.1) is 0 Å². The van der Waals surface area contributed by atoms with E-state index in [-0.39, 0.29) is 5.41 Å². The number of nitrogens with two attached hydrogens (primary N) is 1. The summed E-state index contributed by atoms with van der Waals surface area (Å²) in [7, 11) is 0. The van der Waals surface area contributed by atoms with E-state index in [1.54, 1.807) is 0 Å². The van der Waals surface area contributed by atoms with Crippen LogP contribution in [0.1, 0.15) is 48.8 Å². The molecule has 1 fully saturated rings. The van der Waals surface area contributed by atoms with E-state index in [0.29, 0.717) is 0 Å². The van der Waals surface area contributed by atoms with Crippen molar-refractivity contribution in [3.8, 4) is 0 Å². The molecule has 0 unspecified atom stereocenters. The highest BCUT2D eigenvalue weighted by Crippen LogP contribution is 2.39. The van der Waals surface area contributed by atoms with Crippen LogP contribution in [0.5, 0.6) is 0 Å². The van der Waals surface area contributed by atoms with Crippen molar-refractivity contribution in [1.82, 2.24) is 0 Å². The van der Waals surface area contributed by atoms with Gasteiger partial charge in [-0.1, -0.05) is 48.6 Å². The summed E-state index contributed by atoms with van der Waals surface area (Å²) in [5.74, 6) is 0. The fourth-order valence-corrected chi connectivity index (χ4v) is 3.12. The molecule has 2 rings (SSSR count). The lowest BCUT2D eigenvalue weighted by molar-refractivity contribution is 0.300. The second-order valence-electron chi connectivity index (χ2n) is 5.42. The molecule has 1 aliphatic carbocycles. The molecule has 2 N–H and O–H groups in total. The Bertz CT molecular complexity index is 341. The van der Waals surface area contributed by atoms with Gasteiger partial charge in [-0.2, -0.15) is 0 Å². The van der Waals surface area contributed by atoms with Gasteiger partial charge in [-0.05, 0) is 32.3 Å². The standard InChI is InChI=1S/C15H23N/c1-12-8-13(2)10-14(9-12)15(11-16)6-4-3-5-7-15/h8-10H,3-7,11,16H2,1-2H3. The van der Waals surface area contributed by atoms with E-state index in [4.69, 9.17) is 5.73 Å². The van der Waals surface area contributed by atoms with E-state index in [0.717, 1.165) is 6.54 Å². The third-order valence-electron chi connectivity index (χ3n) is 4.04. The quantitative estimate of drug-likeness (QED) is 0.806. The van der Waals surface area contributed by atoms with Gasteiger partial charge < -0.3 is 5.73 Å². The van der Waals surface area contributed by atoms with Crippen molar-refractivity contribution in [2.24, 2.45) is 5.73 Å². The lowest BCUT2D eigenvalue weighted by Gasteiger charge is -2.37. The molecule has 1 aromatic rings. The van der Waals surface area contributed by atoms with Crippen LogP contribution in [0.4, 0.5) is 0 Å². The topological polar surface area (TPSA) is 26.0 Å². The van der Waals surface area contributed by atoms with Crippen LogP contribution >= 0.6 is 0 Å². The Balaban J connectivity index is 2.38. The van der Waals surface area contributed by atoms with E-state index < -0.39 is 0 Å². The molecular formula is C15H23N. The van der Waals surface area contributed by atoms with Crippen molar-refractivity contribution in [3.63, 3.8) is 0 Å². The summed E-state index contributed by atoms with van der Waals surface area (Å²) in [6, 6.07) is 6.92. The van der Waals surface area contributed by atoms with Crippen LogP contribution in [-0.4, -0.2) is 6.54 Å². The second-order valence-corrected chi connectivity index (χ2v) is 5.42. The number of benzene rings is 1. The molecule has 0 heterocycles. The summed E-state index contributed by atoms with van der Waals surface area (Å²) < 4.78 is 0. The Morgan fingerprint density at radius 1 is 1.00 bits per heavy atom. The van der Waals surface area contributed by atoms with Crippen LogP contribution in [0.2, 0.25) is 0 Å². The first-order chi connectivity index (χ1) is 7.66. The molecule has 0 aromatic heterocycles. The summed E-state index contributed by atoms with van der Waals surface area (Å²) in [4.78, 5) is 0. The van der Waals surface area contributed by atoms with Gasteiger partial charge in [0, 0.05) is 12.0 Å². The summed E-state index contributed by atoms with van der Waals surface area (Å²) in [6.45, 7) is 5.17. The van der Waals surface area contributed by atoms with Crippen molar-refractivity contribution >= 4 is 0 Å². The SMILES string of the molecule is Cc1cc(C)cc(C2(CN)CCCCC2)c1. The van der Waals surface area contributed by atoms with Gasteiger partial charge in [-0.25, -0.2) is 0 Å². The molecule has 1 saturated carbocycles. The largest absolute Gasteiger partial charge is 0.330 e. The lowest BCUT2D eigenvalue weighted by Crippen LogP contribution is -2.37. The Morgan fingerprint density at radius 2 is 1.56 bits per heavy atom. The van der Waals surface area contributed by atoms with Crippen LogP contribution in [0.3, 0.4) is 0 Å². The van der Waals surface area contributed by atoms with E-state index in [9.17, 15) is 0 Å². The van der Waals surface area contributed by atoms with Crippen LogP contribution in [0.15, 0.2) is 18.2 Å². The molecule has 0 bridgehead atoms. The van der Waals surface area contributed by atoms with Crippen molar-refractivity contribution in [2.45, 2.75) is 51.4 Å². The summed E-state index contributed by atoms with van der Waals surface area (Å²) in [5.41, 5.74) is 10.6. The molecule has 0 saturated heterocycles. The Kier molecular flexibility index (Phi) is 3.34. The number of hydrogen-bond donors (Lipinski definition) is 1. The smallest absolute Gasteiger partial charge is 0.00757 e. The third kappa shape index (κ3) is 2.15. The average Bonchev–Trinajstić information content (AvgIpc) is 2.28. The number of aryl methyl sites for hydroxylation is 2. The second kappa shape index (κ2) is 4.58. The van der Waals surface area contributed by atoms with Crippen molar-refractivity contribution in [1.29, 1.82) is 0 Å². The Hall–Kier alpha value is -0.820.